The summed E-state index contributed by atoms with van der Waals surface area (Å²) in [6.07, 6.45) is 4.08. The van der Waals surface area contributed by atoms with Crippen LogP contribution in [-0.2, 0) is 0 Å². The Morgan fingerprint density at radius 2 is 1.93 bits per heavy atom. The second-order valence-corrected chi connectivity index (χ2v) is 6.66. The fourth-order valence-electron chi connectivity index (χ4n) is 3.59. The molecule has 2 amide bonds. The van der Waals surface area contributed by atoms with Gasteiger partial charge in [0.15, 0.2) is 0 Å². The van der Waals surface area contributed by atoms with Crippen LogP contribution in [0.1, 0.15) is 38.7 Å². The van der Waals surface area contributed by atoms with Crippen LogP contribution in [0.25, 0.3) is 10.9 Å². The molecule has 3 heterocycles. The summed E-state index contributed by atoms with van der Waals surface area (Å²) in [6.45, 7) is 1.27. The lowest BCUT2D eigenvalue weighted by molar-refractivity contribution is 0.0790. The highest BCUT2D eigenvalue weighted by molar-refractivity contribution is 6.06. The number of fused-ring (bicyclic) bond motifs is 1. The number of rotatable bonds is 3. The van der Waals surface area contributed by atoms with Gasteiger partial charge in [0.2, 0.25) is 0 Å². The molecule has 27 heavy (non-hydrogen) atoms. The third kappa shape index (κ3) is 3.26. The Bertz CT molecular complexity index is 1000. The minimum Gasteiger partial charge on any atom is -0.355 e. The van der Waals surface area contributed by atoms with Crippen LogP contribution in [-0.4, -0.2) is 46.8 Å². The number of carbonyl (C=O) groups excluding carboxylic acids is 2. The van der Waals surface area contributed by atoms with Crippen molar-refractivity contribution >= 4 is 22.7 Å². The van der Waals surface area contributed by atoms with Crippen LogP contribution in [0, 0.1) is 0 Å². The van der Waals surface area contributed by atoms with Gasteiger partial charge in [0.1, 0.15) is 0 Å². The standard InChI is InChI=1S/C21H20N4O2/c1-22-20(26)17-12-19(24-18-5-3-2-4-16(17)18)15-8-11-25(13-15)21(27)14-6-9-23-10-7-14/h2-7,9-10,12,15H,8,11,13H2,1H3,(H,22,26)/t15-/m1/s1. The summed E-state index contributed by atoms with van der Waals surface area (Å²) in [5.41, 5.74) is 2.92. The largest absolute Gasteiger partial charge is 0.355 e. The van der Waals surface area contributed by atoms with Gasteiger partial charge in [0.25, 0.3) is 11.8 Å². The van der Waals surface area contributed by atoms with Crippen LogP contribution >= 0.6 is 0 Å². The zero-order valence-corrected chi connectivity index (χ0v) is 15.1. The third-order valence-electron chi connectivity index (χ3n) is 5.03. The molecular weight excluding hydrogens is 340 g/mol. The van der Waals surface area contributed by atoms with Crippen molar-refractivity contribution in [1.82, 2.24) is 20.2 Å². The first kappa shape index (κ1) is 17.1. The summed E-state index contributed by atoms with van der Waals surface area (Å²) < 4.78 is 0. The van der Waals surface area contributed by atoms with E-state index in [1.165, 1.54) is 0 Å². The number of hydrogen-bond donors (Lipinski definition) is 1. The van der Waals surface area contributed by atoms with Gasteiger partial charge in [-0.1, -0.05) is 18.2 Å². The quantitative estimate of drug-likeness (QED) is 0.779. The number of benzene rings is 1. The molecule has 0 spiro atoms. The lowest BCUT2D eigenvalue weighted by Gasteiger charge is -2.17. The summed E-state index contributed by atoms with van der Waals surface area (Å²) in [4.78, 5) is 35.6. The number of pyridine rings is 2. The first-order chi connectivity index (χ1) is 13.2. The zero-order chi connectivity index (χ0) is 18.8. The topological polar surface area (TPSA) is 75.2 Å². The SMILES string of the molecule is CNC(=O)c1cc([C@@H]2CCN(C(=O)c3ccncc3)C2)nc2ccccc12. The zero-order valence-electron chi connectivity index (χ0n) is 15.1. The van der Waals surface area contributed by atoms with E-state index in [-0.39, 0.29) is 17.7 Å². The number of para-hydroxylation sites is 1. The van der Waals surface area contributed by atoms with Crippen LogP contribution in [0.15, 0.2) is 54.9 Å². The number of likely N-dealkylation sites (tertiary alicyclic amines) is 1. The van der Waals surface area contributed by atoms with Crippen molar-refractivity contribution in [2.75, 3.05) is 20.1 Å². The smallest absolute Gasteiger partial charge is 0.253 e. The highest BCUT2D eigenvalue weighted by Crippen LogP contribution is 2.30. The fraction of sp³-hybridized carbons (Fsp3) is 0.238. The van der Waals surface area contributed by atoms with E-state index in [1.807, 2.05) is 35.2 Å². The van der Waals surface area contributed by atoms with Gasteiger partial charge in [-0.3, -0.25) is 19.6 Å². The van der Waals surface area contributed by atoms with E-state index in [1.54, 1.807) is 31.6 Å². The van der Waals surface area contributed by atoms with E-state index in [0.717, 1.165) is 23.0 Å². The van der Waals surface area contributed by atoms with Gasteiger partial charge in [-0.25, -0.2) is 0 Å². The van der Waals surface area contributed by atoms with Crippen molar-refractivity contribution in [1.29, 1.82) is 0 Å². The van der Waals surface area contributed by atoms with Gasteiger partial charge in [-0.2, -0.15) is 0 Å². The van der Waals surface area contributed by atoms with Crippen LogP contribution in [0.2, 0.25) is 0 Å². The summed E-state index contributed by atoms with van der Waals surface area (Å²) in [5, 5.41) is 3.54. The molecule has 1 aromatic carbocycles. The molecule has 1 saturated heterocycles. The van der Waals surface area contributed by atoms with Crippen molar-refractivity contribution in [2.45, 2.75) is 12.3 Å². The predicted molar refractivity (Wildman–Crippen MR) is 103 cm³/mol. The van der Waals surface area contributed by atoms with Crippen molar-refractivity contribution in [2.24, 2.45) is 0 Å². The Morgan fingerprint density at radius 1 is 1.15 bits per heavy atom. The molecule has 1 aliphatic heterocycles. The molecule has 1 N–H and O–H groups in total. The van der Waals surface area contributed by atoms with E-state index in [9.17, 15) is 9.59 Å². The second-order valence-electron chi connectivity index (χ2n) is 6.66. The normalized spacial score (nSPS) is 16.5. The Morgan fingerprint density at radius 3 is 2.70 bits per heavy atom. The van der Waals surface area contributed by atoms with Crippen molar-refractivity contribution in [3.8, 4) is 0 Å². The molecule has 0 unspecified atom stereocenters. The fourth-order valence-corrected chi connectivity index (χ4v) is 3.59. The van der Waals surface area contributed by atoms with Gasteiger partial charge in [0.05, 0.1) is 11.1 Å². The van der Waals surface area contributed by atoms with Gasteiger partial charge < -0.3 is 10.2 Å². The Labute approximate surface area is 157 Å². The second kappa shape index (κ2) is 7.15. The number of amides is 2. The number of hydrogen-bond acceptors (Lipinski definition) is 4. The Balaban J connectivity index is 1.63. The lowest BCUT2D eigenvalue weighted by Crippen LogP contribution is -2.28. The predicted octanol–water partition coefficient (Wildman–Crippen LogP) is 2.62. The molecule has 6 nitrogen and oxygen atoms in total. The summed E-state index contributed by atoms with van der Waals surface area (Å²) >= 11 is 0. The van der Waals surface area contributed by atoms with Gasteiger partial charge >= 0.3 is 0 Å². The third-order valence-corrected chi connectivity index (χ3v) is 5.03. The molecule has 4 rings (SSSR count). The Hall–Kier alpha value is -3.28. The molecule has 2 aromatic heterocycles. The maximum atomic E-state index is 12.7. The maximum absolute atomic E-state index is 12.7. The lowest BCUT2D eigenvalue weighted by atomic mass is 9.99. The average Bonchev–Trinajstić information content (AvgIpc) is 3.22. The van der Waals surface area contributed by atoms with Crippen LogP contribution in [0.3, 0.4) is 0 Å². The molecule has 1 fully saturated rings. The van der Waals surface area contributed by atoms with Crippen molar-refractivity contribution in [3.63, 3.8) is 0 Å². The molecule has 1 atom stereocenters. The molecular formula is C21H20N4O2. The number of carbonyl (C=O) groups is 2. The molecule has 0 aliphatic carbocycles. The van der Waals surface area contributed by atoms with Gasteiger partial charge in [-0.05, 0) is 30.7 Å². The van der Waals surface area contributed by atoms with E-state index >= 15 is 0 Å². The monoisotopic (exact) mass is 360 g/mol. The molecule has 136 valence electrons. The van der Waals surface area contributed by atoms with E-state index in [2.05, 4.69) is 10.3 Å². The molecule has 0 radical (unpaired) electrons. The first-order valence-electron chi connectivity index (χ1n) is 8.98. The van der Waals surface area contributed by atoms with E-state index < -0.39 is 0 Å². The summed E-state index contributed by atoms with van der Waals surface area (Å²) in [6, 6.07) is 13.0. The van der Waals surface area contributed by atoms with Crippen LogP contribution in [0.5, 0.6) is 0 Å². The first-order valence-corrected chi connectivity index (χ1v) is 8.98. The summed E-state index contributed by atoms with van der Waals surface area (Å²) in [5.74, 6) is -0.00595. The van der Waals surface area contributed by atoms with Crippen LogP contribution < -0.4 is 5.32 Å². The Kier molecular flexibility index (Phi) is 4.54. The highest BCUT2D eigenvalue weighted by atomic mass is 16.2. The van der Waals surface area contributed by atoms with E-state index in [4.69, 9.17) is 4.98 Å². The minimum absolute atomic E-state index is 0.00668. The highest BCUT2D eigenvalue weighted by Gasteiger charge is 2.29. The van der Waals surface area contributed by atoms with Gasteiger partial charge in [-0.15, -0.1) is 0 Å². The number of nitrogens with one attached hydrogen (secondary N) is 1. The molecule has 0 saturated carbocycles. The minimum atomic E-state index is -0.127. The van der Waals surface area contributed by atoms with Crippen LogP contribution in [0.4, 0.5) is 0 Å². The molecule has 1 aliphatic rings. The van der Waals surface area contributed by atoms with Gasteiger partial charge in [0, 0.05) is 55.1 Å². The van der Waals surface area contributed by atoms with Crippen molar-refractivity contribution in [3.05, 3.63) is 71.7 Å². The summed E-state index contributed by atoms with van der Waals surface area (Å²) in [7, 11) is 1.63. The molecule has 0 bridgehead atoms. The van der Waals surface area contributed by atoms with Crippen molar-refractivity contribution < 1.29 is 9.59 Å². The number of nitrogens with zero attached hydrogens (tertiary/aromatic N) is 3. The molecule has 3 aromatic rings. The average molecular weight is 360 g/mol. The number of aromatic nitrogens is 2. The van der Waals surface area contributed by atoms with E-state index in [0.29, 0.717) is 24.2 Å². The maximum Gasteiger partial charge on any atom is 0.253 e. The molecule has 6 heteroatoms.